The Labute approximate surface area is 362 Å². The molecule has 0 aliphatic carbocycles. The predicted molar refractivity (Wildman–Crippen MR) is 231 cm³/mol. The zero-order chi connectivity index (χ0) is 46.1. The summed E-state index contributed by atoms with van der Waals surface area (Å²) in [5, 5.41) is 16.5. The van der Waals surface area contributed by atoms with E-state index in [-0.39, 0.29) is 36.7 Å². The molecule has 1 aliphatic heterocycles. The van der Waals surface area contributed by atoms with Crippen LogP contribution in [0.3, 0.4) is 0 Å². The van der Waals surface area contributed by atoms with Gasteiger partial charge in [-0.2, -0.15) is 0 Å². The molecule has 1 aliphatic rings. The molecular formula is C46H69N5O10. The van der Waals surface area contributed by atoms with Gasteiger partial charge >= 0.3 is 11.9 Å². The van der Waals surface area contributed by atoms with E-state index in [2.05, 4.69) is 16.6 Å². The fourth-order valence-corrected chi connectivity index (χ4v) is 6.85. The third-order valence-electron chi connectivity index (χ3n) is 11.4. The number of aliphatic hydroxyl groups excluding tert-OH is 1. The summed E-state index contributed by atoms with van der Waals surface area (Å²) in [5.41, 5.74) is 0.847. The molecule has 0 bridgehead atoms. The number of nitrogens with zero attached hydrogens (tertiary/aromatic N) is 3. The molecule has 9 atom stereocenters. The van der Waals surface area contributed by atoms with Crippen LogP contribution < -0.4 is 10.6 Å². The van der Waals surface area contributed by atoms with Gasteiger partial charge in [-0.25, -0.2) is 9.59 Å². The fraction of sp³-hybridized carbons (Fsp3) is 0.630. The first-order chi connectivity index (χ1) is 28.6. The largest absolute Gasteiger partial charge is 0.460 e. The van der Waals surface area contributed by atoms with Gasteiger partial charge in [0.2, 0.25) is 23.6 Å². The van der Waals surface area contributed by atoms with Gasteiger partial charge in [0.25, 0.3) is 5.91 Å². The summed E-state index contributed by atoms with van der Waals surface area (Å²) in [7, 11) is 4.29. The van der Waals surface area contributed by atoms with Crippen LogP contribution in [0.2, 0.25) is 0 Å². The highest BCUT2D eigenvalue weighted by molar-refractivity contribution is 5.96. The molecule has 15 nitrogen and oxygen atoms in total. The number of likely N-dealkylation sites (N-methyl/N-ethyl adjacent to an activating group) is 3. The summed E-state index contributed by atoms with van der Waals surface area (Å²) in [6.45, 7) is 13.0. The Hall–Kier alpha value is -5.23. The van der Waals surface area contributed by atoms with Gasteiger partial charge in [0.05, 0.1) is 12.6 Å². The molecule has 61 heavy (non-hydrogen) atoms. The molecule has 1 aromatic carbocycles. The highest BCUT2D eigenvalue weighted by atomic mass is 16.6. The predicted octanol–water partition coefficient (Wildman–Crippen LogP) is 3.42. The molecule has 0 saturated carbocycles. The summed E-state index contributed by atoms with van der Waals surface area (Å²) in [4.78, 5) is 100. The number of rotatable bonds is 11. The number of carbonyl (C=O) groups is 7. The third-order valence-corrected chi connectivity index (χ3v) is 11.4. The lowest BCUT2D eigenvalue weighted by molar-refractivity contribution is -0.162. The Morgan fingerprint density at radius 2 is 1.54 bits per heavy atom. The van der Waals surface area contributed by atoms with Crippen LogP contribution in [0.4, 0.5) is 0 Å². The number of hydrogen-bond acceptors (Lipinski definition) is 10. The van der Waals surface area contributed by atoms with Gasteiger partial charge in [-0.05, 0) is 57.4 Å². The molecular weight excluding hydrogens is 783 g/mol. The Kier molecular flexibility index (Phi) is 21.2. The Bertz CT molecular complexity index is 1740. The molecule has 2 rings (SSSR count). The topological polar surface area (TPSA) is 192 Å². The number of carbonyl (C=O) groups excluding carboxylic acids is 7. The van der Waals surface area contributed by atoms with E-state index in [9.17, 15) is 38.7 Å². The molecule has 0 saturated heterocycles. The lowest BCUT2D eigenvalue weighted by Gasteiger charge is -2.34. The number of hydrogen-bond donors (Lipinski definition) is 3. The molecule has 1 heterocycles. The van der Waals surface area contributed by atoms with Gasteiger partial charge in [-0.3, -0.25) is 24.0 Å². The number of ether oxygens (including phenoxy) is 2. The van der Waals surface area contributed by atoms with Crippen molar-refractivity contribution in [2.24, 2.45) is 17.8 Å². The number of aliphatic hydroxyl groups is 1. The number of cyclic esters (lactones) is 2. The van der Waals surface area contributed by atoms with E-state index < -0.39 is 96.4 Å². The summed E-state index contributed by atoms with van der Waals surface area (Å²) in [6, 6.07) is 4.55. The maximum absolute atomic E-state index is 14.2. The van der Waals surface area contributed by atoms with Crippen LogP contribution in [0.1, 0.15) is 99.5 Å². The number of benzene rings is 1. The van der Waals surface area contributed by atoms with Gasteiger partial charge in [0, 0.05) is 51.9 Å². The zero-order valence-electron chi connectivity index (χ0n) is 37.9. The first-order valence-electron chi connectivity index (χ1n) is 21.3. The van der Waals surface area contributed by atoms with Crippen LogP contribution in [0.15, 0.2) is 42.0 Å². The van der Waals surface area contributed by atoms with E-state index in [0.29, 0.717) is 25.7 Å². The van der Waals surface area contributed by atoms with Gasteiger partial charge < -0.3 is 39.9 Å². The normalized spacial score (nSPS) is 26.2. The van der Waals surface area contributed by atoms with Crippen LogP contribution in [-0.4, -0.2) is 131 Å². The molecule has 2 unspecified atom stereocenters. The Morgan fingerprint density at radius 1 is 0.902 bits per heavy atom. The molecule has 0 radical (unpaired) electrons. The van der Waals surface area contributed by atoms with Gasteiger partial charge in [-0.15, -0.1) is 12.3 Å². The average molecular weight is 852 g/mol. The van der Waals surface area contributed by atoms with Gasteiger partial charge in [0.15, 0.2) is 6.10 Å². The SMILES string of the molecule is C#CCCCC(O)[C@@H](C)[C@@H]1C/C=C(\C)C(=O)O[C@H](CC(C)C)C(=O)NC(C)C(=O)N(C)[C@H](Cc2ccccc2)C(=O)N(C)CC(=O)N[C@@H]([C@H](C)CC)C(=O)N(C)[C@@H](C)C(=O)O1. The van der Waals surface area contributed by atoms with Crippen molar-refractivity contribution in [3.8, 4) is 12.3 Å². The monoisotopic (exact) mass is 852 g/mol. The first kappa shape index (κ1) is 51.9. The smallest absolute Gasteiger partial charge is 0.334 e. The minimum Gasteiger partial charge on any atom is -0.460 e. The van der Waals surface area contributed by atoms with Crippen LogP contribution in [0, 0.1) is 30.1 Å². The summed E-state index contributed by atoms with van der Waals surface area (Å²) >= 11 is 0. The number of esters is 2. The maximum Gasteiger partial charge on any atom is 0.334 e. The van der Waals surface area contributed by atoms with E-state index in [4.69, 9.17) is 15.9 Å². The quantitative estimate of drug-likeness (QED) is 0.169. The molecule has 3 N–H and O–H groups in total. The Balaban J connectivity index is 2.67. The van der Waals surface area contributed by atoms with E-state index in [1.54, 1.807) is 38.1 Å². The van der Waals surface area contributed by atoms with Crippen molar-refractivity contribution in [2.45, 2.75) is 143 Å². The molecule has 1 aromatic rings. The number of amides is 5. The minimum atomic E-state index is -1.29. The van der Waals surface area contributed by atoms with E-state index in [0.717, 1.165) is 5.56 Å². The maximum atomic E-state index is 14.2. The van der Waals surface area contributed by atoms with E-state index in [1.165, 1.54) is 62.7 Å². The highest BCUT2D eigenvalue weighted by Crippen LogP contribution is 2.23. The second-order valence-electron chi connectivity index (χ2n) is 16.8. The molecule has 0 aromatic heterocycles. The van der Waals surface area contributed by atoms with Crippen molar-refractivity contribution in [1.29, 1.82) is 0 Å². The minimum absolute atomic E-state index is 0.0225. The van der Waals surface area contributed by atoms with Crippen LogP contribution in [0.5, 0.6) is 0 Å². The van der Waals surface area contributed by atoms with Crippen molar-refractivity contribution < 1.29 is 48.1 Å². The van der Waals surface area contributed by atoms with Gasteiger partial charge in [0.1, 0.15) is 30.3 Å². The van der Waals surface area contributed by atoms with Crippen molar-refractivity contribution in [2.75, 3.05) is 27.7 Å². The van der Waals surface area contributed by atoms with Gasteiger partial charge in [-0.1, -0.05) is 77.4 Å². The summed E-state index contributed by atoms with van der Waals surface area (Å²) in [5.74, 6) is -3.25. The van der Waals surface area contributed by atoms with E-state index >= 15 is 0 Å². The van der Waals surface area contributed by atoms with Crippen LogP contribution in [0.25, 0.3) is 0 Å². The van der Waals surface area contributed by atoms with Crippen LogP contribution >= 0.6 is 0 Å². The summed E-state index contributed by atoms with van der Waals surface area (Å²) in [6.07, 6.45) is 5.71. The second kappa shape index (κ2) is 24.9. The number of nitrogens with one attached hydrogen (secondary N) is 2. The van der Waals surface area contributed by atoms with Crippen molar-refractivity contribution >= 4 is 41.5 Å². The van der Waals surface area contributed by atoms with Crippen molar-refractivity contribution in [1.82, 2.24) is 25.3 Å². The number of terminal acetylenes is 1. The third kappa shape index (κ3) is 15.6. The standard InChI is InChI=1S/C46H69N5O10/c1-13-15-17-22-36(52)31(7)37-24-23-30(6)45(58)61-38(25-28(3)4)41(54)47-32(8)42(55)51(12)35(26-34-20-18-16-19-21-34)43(56)49(10)27-39(53)48-40(29(5)14-2)44(57)50(11)33(9)46(59)60-37/h1,16,18-21,23,28-29,31-33,35-38,40,52H,14-15,17,22,24-27H2,2-12H3,(H,47,54)(H,48,53)/b30-23+/t29-,31-,32?,33+,35-,36?,37+,38-,40+/m1/s1. The molecule has 0 fully saturated rings. The molecule has 15 heteroatoms. The second-order valence-corrected chi connectivity index (χ2v) is 16.8. The molecule has 338 valence electrons. The van der Waals surface area contributed by atoms with Crippen LogP contribution in [-0.2, 0) is 49.5 Å². The number of unbranched alkanes of at least 4 members (excludes halogenated alkanes) is 1. The molecule has 0 spiro atoms. The zero-order valence-corrected chi connectivity index (χ0v) is 37.9. The van der Waals surface area contributed by atoms with Crippen molar-refractivity contribution in [3.05, 3.63) is 47.5 Å². The fourth-order valence-electron chi connectivity index (χ4n) is 6.85. The first-order valence-corrected chi connectivity index (χ1v) is 21.3. The highest BCUT2D eigenvalue weighted by Gasteiger charge is 2.38. The summed E-state index contributed by atoms with van der Waals surface area (Å²) < 4.78 is 11.7. The average Bonchev–Trinajstić information content (AvgIpc) is 3.23. The van der Waals surface area contributed by atoms with E-state index in [1.807, 2.05) is 26.8 Å². The van der Waals surface area contributed by atoms with Crippen molar-refractivity contribution in [3.63, 3.8) is 0 Å². The molecule has 5 amide bonds. The lowest BCUT2D eigenvalue weighted by Crippen LogP contribution is -2.58. The lowest BCUT2D eigenvalue weighted by atomic mass is 9.91. The Morgan fingerprint density at radius 3 is 2.13 bits per heavy atom.